The minimum atomic E-state index is -0.263. The van der Waals surface area contributed by atoms with Crippen molar-refractivity contribution in [3.63, 3.8) is 0 Å². The number of carbonyl (C=O) groups excluding carboxylic acids is 1. The molecule has 0 saturated carbocycles. The van der Waals surface area contributed by atoms with Crippen molar-refractivity contribution in [1.82, 2.24) is 5.32 Å². The third kappa shape index (κ3) is 3.18. The highest BCUT2D eigenvalue weighted by atomic mass is 35.5. The molecule has 0 aliphatic heterocycles. The van der Waals surface area contributed by atoms with E-state index in [1.807, 2.05) is 0 Å². The number of nitrogens with one attached hydrogen (secondary N) is 1. The van der Waals surface area contributed by atoms with Crippen LogP contribution in [-0.2, 0) is 0 Å². The van der Waals surface area contributed by atoms with Crippen LogP contribution in [0, 0.1) is 11.8 Å². The summed E-state index contributed by atoms with van der Waals surface area (Å²) in [7, 11) is 0. The van der Waals surface area contributed by atoms with Crippen LogP contribution >= 0.6 is 11.6 Å². The molecular weight excluding hydrogens is 224 g/mol. The number of hydrogen-bond acceptors (Lipinski definition) is 2. The van der Waals surface area contributed by atoms with Crippen molar-refractivity contribution in [1.29, 1.82) is 0 Å². The van der Waals surface area contributed by atoms with Crippen molar-refractivity contribution in [2.75, 3.05) is 12.3 Å². The molecule has 1 rings (SSSR count). The average molecular weight is 237 g/mol. The molecule has 0 spiro atoms. The van der Waals surface area contributed by atoms with E-state index in [9.17, 15) is 4.79 Å². The lowest BCUT2D eigenvalue weighted by Crippen LogP contribution is -2.25. The first-order valence-electron chi connectivity index (χ1n) is 4.88. The lowest BCUT2D eigenvalue weighted by molar-refractivity contribution is 0.0955. The third-order valence-electron chi connectivity index (χ3n) is 1.99. The quantitative estimate of drug-likeness (QED) is 0.480. The van der Waals surface area contributed by atoms with E-state index in [1.165, 1.54) is 0 Å². The Hall–Kier alpha value is -1.66. The smallest absolute Gasteiger partial charge is 0.254 e. The molecule has 1 aromatic carbocycles. The molecule has 0 unspecified atom stereocenters. The summed E-state index contributed by atoms with van der Waals surface area (Å²) in [6.45, 7) is 2.25. The van der Waals surface area contributed by atoms with Crippen LogP contribution in [0.4, 0.5) is 5.69 Å². The summed E-state index contributed by atoms with van der Waals surface area (Å²) in [6, 6.07) is 4.99. The Balaban J connectivity index is 2.68. The van der Waals surface area contributed by atoms with Gasteiger partial charge in [-0.3, -0.25) is 4.79 Å². The highest BCUT2D eigenvalue weighted by Gasteiger charge is 2.12. The van der Waals surface area contributed by atoms with Gasteiger partial charge in [-0.2, -0.15) is 0 Å². The SMILES string of the molecule is CC#CCCNC(=O)c1c(N)cccc1Cl. The van der Waals surface area contributed by atoms with Gasteiger partial charge in [-0.05, 0) is 19.1 Å². The van der Waals surface area contributed by atoms with Gasteiger partial charge in [-0.1, -0.05) is 17.7 Å². The van der Waals surface area contributed by atoms with Crippen molar-refractivity contribution in [3.05, 3.63) is 28.8 Å². The Morgan fingerprint density at radius 3 is 2.94 bits per heavy atom. The Morgan fingerprint density at radius 2 is 2.31 bits per heavy atom. The van der Waals surface area contributed by atoms with Crippen molar-refractivity contribution in [2.45, 2.75) is 13.3 Å². The molecule has 0 radical (unpaired) electrons. The summed E-state index contributed by atoms with van der Waals surface area (Å²) >= 11 is 5.90. The molecule has 1 amide bonds. The monoisotopic (exact) mass is 236 g/mol. The second kappa shape index (κ2) is 6.04. The highest BCUT2D eigenvalue weighted by Crippen LogP contribution is 2.21. The number of anilines is 1. The summed E-state index contributed by atoms with van der Waals surface area (Å²) < 4.78 is 0. The summed E-state index contributed by atoms with van der Waals surface area (Å²) in [5, 5.41) is 3.07. The molecule has 0 aliphatic rings. The van der Waals surface area contributed by atoms with Crippen LogP contribution in [0.15, 0.2) is 18.2 Å². The summed E-state index contributed by atoms with van der Waals surface area (Å²) in [5.74, 6) is 5.34. The predicted molar refractivity (Wildman–Crippen MR) is 66.3 cm³/mol. The largest absolute Gasteiger partial charge is 0.398 e. The molecule has 0 aromatic heterocycles. The molecule has 0 bridgehead atoms. The van der Waals surface area contributed by atoms with Crippen LogP contribution in [0.1, 0.15) is 23.7 Å². The maximum absolute atomic E-state index is 11.7. The Labute approximate surface area is 100.0 Å². The molecule has 84 valence electrons. The number of benzene rings is 1. The van der Waals surface area contributed by atoms with Crippen LogP contribution in [0.5, 0.6) is 0 Å². The number of hydrogen-bond donors (Lipinski definition) is 2. The summed E-state index contributed by atoms with van der Waals surface area (Å²) in [4.78, 5) is 11.7. The fourth-order valence-corrected chi connectivity index (χ4v) is 1.50. The number of carbonyl (C=O) groups is 1. The zero-order valence-electron chi connectivity index (χ0n) is 9.01. The van der Waals surface area contributed by atoms with Crippen molar-refractivity contribution >= 4 is 23.2 Å². The summed E-state index contributed by atoms with van der Waals surface area (Å²) in [5.41, 5.74) is 6.39. The Bertz CT molecular complexity index is 426. The number of nitrogens with two attached hydrogens (primary N) is 1. The molecule has 0 saturated heterocycles. The fourth-order valence-electron chi connectivity index (χ4n) is 1.23. The van der Waals surface area contributed by atoms with E-state index in [0.717, 1.165) is 0 Å². The van der Waals surface area contributed by atoms with Crippen LogP contribution in [0.3, 0.4) is 0 Å². The van der Waals surface area contributed by atoms with Gasteiger partial charge in [0.15, 0.2) is 0 Å². The Morgan fingerprint density at radius 1 is 1.56 bits per heavy atom. The highest BCUT2D eigenvalue weighted by molar-refractivity contribution is 6.34. The van der Waals surface area contributed by atoms with E-state index in [-0.39, 0.29) is 5.91 Å². The van der Waals surface area contributed by atoms with Gasteiger partial charge in [0.05, 0.1) is 10.6 Å². The van der Waals surface area contributed by atoms with Crippen LogP contribution in [0.2, 0.25) is 5.02 Å². The van der Waals surface area contributed by atoms with E-state index in [1.54, 1.807) is 25.1 Å². The first-order valence-corrected chi connectivity index (χ1v) is 5.26. The van der Waals surface area contributed by atoms with Gasteiger partial charge in [-0.15, -0.1) is 11.8 Å². The number of halogens is 1. The van der Waals surface area contributed by atoms with Gasteiger partial charge in [-0.25, -0.2) is 0 Å². The first kappa shape index (κ1) is 12.4. The number of nitrogen functional groups attached to an aromatic ring is 1. The first-order chi connectivity index (χ1) is 7.66. The van der Waals surface area contributed by atoms with Gasteiger partial charge in [0.1, 0.15) is 0 Å². The number of rotatable bonds is 3. The molecule has 3 nitrogen and oxygen atoms in total. The van der Waals surface area contributed by atoms with Crippen molar-refractivity contribution in [2.24, 2.45) is 0 Å². The van der Waals surface area contributed by atoms with Gasteiger partial charge in [0.25, 0.3) is 5.91 Å². The standard InChI is InChI=1S/C12H13ClN2O/c1-2-3-4-8-15-12(16)11-9(13)6-5-7-10(11)14/h5-7H,4,8,14H2,1H3,(H,15,16). The third-order valence-corrected chi connectivity index (χ3v) is 2.30. The molecule has 1 aromatic rings. The average Bonchev–Trinajstić information content (AvgIpc) is 2.24. The molecule has 0 aliphatic carbocycles. The van der Waals surface area contributed by atoms with Gasteiger partial charge >= 0.3 is 0 Å². The molecule has 0 atom stereocenters. The molecule has 3 N–H and O–H groups in total. The van der Waals surface area contributed by atoms with Crippen LogP contribution in [0.25, 0.3) is 0 Å². The fraction of sp³-hybridized carbons (Fsp3) is 0.250. The predicted octanol–water partition coefficient (Wildman–Crippen LogP) is 2.07. The van der Waals surface area contributed by atoms with E-state index < -0.39 is 0 Å². The Kier molecular flexibility index (Phi) is 4.68. The second-order valence-corrected chi connectivity index (χ2v) is 3.54. The normalized spacial score (nSPS) is 9.12. The zero-order chi connectivity index (χ0) is 12.0. The van der Waals surface area contributed by atoms with Crippen molar-refractivity contribution in [3.8, 4) is 11.8 Å². The van der Waals surface area contributed by atoms with E-state index in [0.29, 0.717) is 29.2 Å². The van der Waals surface area contributed by atoms with E-state index in [2.05, 4.69) is 17.2 Å². The lowest BCUT2D eigenvalue weighted by Gasteiger charge is -2.07. The number of amides is 1. The maximum Gasteiger partial charge on any atom is 0.254 e. The second-order valence-electron chi connectivity index (χ2n) is 3.14. The van der Waals surface area contributed by atoms with Crippen LogP contribution in [-0.4, -0.2) is 12.5 Å². The molecule has 0 fully saturated rings. The van der Waals surface area contributed by atoms with Gasteiger partial charge in [0.2, 0.25) is 0 Å². The minimum absolute atomic E-state index is 0.263. The molecule has 4 heteroatoms. The topological polar surface area (TPSA) is 55.1 Å². The molecule has 0 heterocycles. The maximum atomic E-state index is 11.7. The minimum Gasteiger partial charge on any atom is -0.398 e. The van der Waals surface area contributed by atoms with E-state index >= 15 is 0 Å². The zero-order valence-corrected chi connectivity index (χ0v) is 9.77. The van der Waals surface area contributed by atoms with Gasteiger partial charge in [0, 0.05) is 18.7 Å². The van der Waals surface area contributed by atoms with Gasteiger partial charge < -0.3 is 11.1 Å². The van der Waals surface area contributed by atoms with E-state index in [4.69, 9.17) is 17.3 Å². The summed E-state index contributed by atoms with van der Waals surface area (Å²) in [6.07, 6.45) is 0.618. The van der Waals surface area contributed by atoms with Crippen molar-refractivity contribution < 1.29 is 4.79 Å². The lowest BCUT2D eigenvalue weighted by atomic mass is 10.1. The van der Waals surface area contributed by atoms with Crippen LogP contribution < -0.4 is 11.1 Å². The molecular formula is C12H13ClN2O. The molecule has 16 heavy (non-hydrogen) atoms.